The highest BCUT2D eigenvalue weighted by Crippen LogP contribution is 2.43. The van der Waals surface area contributed by atoms with Gasteiger partial charge in [-0.3, -0.25) is 4.79 Å². The number of anilines is 2. The first-order valence-electron chi connectivity index (χ1n) is 9.07. The Bertz CT molecular complexity index is 1040. The first-order valence-corrected chi connectivity index (χ1v) is 9.07. The first-order chi connectivity index (χ1) is 13.7. The van der Waals surface area contributed by atoms with Crippen LogP contribution in [0.4, 0.5) is 24.7 Å². The monoisotopic (exact) mass is 404 g/mol. The zero-order chi connectivity index (χ0) is 20.8. The van der Waals surface area contributed by atoms with Crippen LogP contribution in [-0.2, 0) is 0 Å². The average Bonchev–Trinajstić information content (AvgIpc) is 3.32. The summed E-state index contributed by atoms with van der Waals surface area (Å²) in [6.07, 6.45) is -3.40. The molecule has 3 heterocycles. The molecule has 1 aliphatic heterocycles. The van der Waals surface area contributed by atoms with Gasteiger partial charge >= 0.3 is 6.18 Å². The van der Waals surface area contributed by atoms with Gasteiger partial charge in [-0.1, -0.05) is 6.07 Å². The Morgan fingerprint density at radius 1 is 1.24 bits per heavy atom. The highest BCUT2D eigenvalue weighted by molar-refractivity contribution is 6.03. The molecule has 0 aliphatic carbocycles. The van der Waals surface area contributed by atoms with Gasteiger partial charge in [0.15, 0.2) is 11.7 Å². The fraction of sp³-hybridized carbons (Fsp3) is 0.300. The molecule has 1 aliphatic rings. The van der Waals surface area contributed by atoms with Crippen LogP contribution in [0.5, 0.6) is 0 Å². The van der Waals surface area contributed by atoms with E-state index >= 15 is 0 Å². The molecule has 0 spiro atoms. The molecule has 0 fully saturated rings. The quantitative estimate of drug-likeness (QED) is 0.644. The van der Waals surface area contributed by atoms with E-state index in [9.17, 15) is 18.0 Å². The Hall–Kier alpha value is -3.23. The first kappa shape index (κ1) is 19.1. The SMILES string of the molecule is Cc1ccc(NC(=O)c2cc3n(n2)[C@@H](C(F)(F)F)C[C@H](c2ccco2)N3)cc1C. The van der Waals surface area contributed by atoms with E-state index in [1.165, 1.54) is 12.3 Å². The van der Waals surface area contributed by atoms with Gasteiger partial charge in [-0.05, 0) is 49.2 Å². The molecule has 0 radical (unpaired) electrons. The Morgan fingerprint density at radius 2 is 2.03 bits per heavy atom. The maximum Gasteiger partial charge on any atom is 0.410 e. The molecule has 3 aromatic rings. The van der Waals surface area contributed by atoms with Crippen LogP contribution in [0.2, 0.25) is 0 Å². The molecule has 2 atom stereocenters. The molecule has 0 saturated heterocycles. The molecule has 0 saturated carbocycles. The summed E-state index contributed by atoms with van der Waals surface area (Å²) in [6, 6.07) is 7.42. The lowest BCUT2D eigenvalue weighted by Crippen LogP contribution is -2.35. The van der Waals surface area contributed by atoms with E-state index in [1.54, 1.807) is 24.3 Å². The van der Waals surface area contributed by atoms with Crippen molar-refractivity contribution in [3.8, 4) is 0 Å². The summed E-state index contributed by atoms with van der Waals surface area (Å²) in [6.45, 7) is 3.86. The molecular formula is C20H19F3N4O2. The lowest BCUT2D eigenvalue weighted by molar-refractivity contribution is -0.174. The van der Waals surface area contributed by atoms with Crippen molar-refractivity contribution < 1.29 is 22.4 Å². The summed E-state index contributed by atoms with van der Waals surface area (Å²) >= 11 is 0. The summed E-state index contributed by atoms with van der Waals surface area (Å²) in [5, 5.41) is 9.61. The van der Waals surface area contributed by atoms with Crippen molar-refractivity contribution >= 4 is 17.4 Å². The number of alkyl halides is 3. The van der Waals surface area contributed by atoms with Crippen molar-refractivity contribution in [3.63, 3.8) is 0 Å². The van der Waals surface area contributed by atoms with Crippen LogP contribution in [0.25, 0.3) is 0 Å². The molecule has 6 nitrogen and oxygen atoms in total. The van der Waals surface area contributed by atoms with E-state index in [4.69, 9.17) is 4.42 Å². The summed E-state index contributed by atoms with van der Waals surface area (Å²) in [5.74, 6) is -0.0644. The molecule has 0 bridgehead atoms. The van der Waals surface area contributed by atoms with E-state index in [-0.39, 0.29) is 17.9 Å². The minimum absolute atomic E-state index is 0.0972. The highest BCUT2D eigenvalue weighted by atomic mass is 19.4. The number of fused-ring (bicyclic) bond motifs is 1. The number of carbonyl (C=O) groups is 1. The highest BCUT2D eigenvalue weighted by Gasteiger charge is 2.47. The van der Waals surface area contributed by atoms with Crippen LogP contribution in [-0.4, -0.2) is 21.9 Å². The van der Waals surface area contributed by atoms with Crippen LogP contribution in [0, 0.1) is 13.8 Å². The van der Waals surface area contributed by atoms with Crippen molar-refractivity contribution in [1.29, 1.82) is 0 Å². The van der Waals surface area contributed by atoms with E-state index in [1.807, 2.05) is 19.9 Å². The third-order valence-corrected chi connectivity index (χ3v) is 5.07. The van der Waals surface area contributed by atoms with E-state index in [0.717, 1.165) is 15.8 Å². The molecule has 0 unspecified atom stereocenters. The number of halogens is 3. The summed E-state index contributed by atoms with van der Waals surface area (Å²) in [5.41, 5.74) is 2.52. The lowest BCUT2D eigenvalue weighted by Gasteiger charge is -2.32. The summed E-state index contributed by atoms with van der Waals surface area (Å²) in [4.78, 5) is 12.6. The Balaban J connectivity index is 1.63. The van der Waals surface area contributed by atoms with Gasteiger partial charge < -0.3 is 15.1 Å². The van der Waals surface area contributed by atoms with E-state index < -0.39 is 24.2 Å². The largest absolute Gasteiger partial charge is 0.467 e. The Morgan fingerprint density at radius 3 is 2.69 bits per heavy atom. The van der Waals surface area contributed by atoms with Crippen molar-refractivity contribution in [1.82, 2.24) is 9.78 Å². The topological polar surface area (TPSA) is 72.1 Å². The molecule has 2 N–H and O–H groups in total. The number of aryl methyl sites for hydroxylation is 2. The van der Waals surface area contributed by atoms with Crippen molar-refractivity contribution in [2.45, 2.75) is 38.5 Å². The second-order valence-electron chi connectivity index (χ2n) is 7.12. The molecular weight excluding hydrogens is 385 g/mol. The van der Waals surface area contributed by atoms with Crippen LogP contribution in [0.3, 0.4) is 0 Å². The molecule has 29 heavy (non-hydrogen) atoms. The van der Waals surface area contributed by atoms with Gasteiger partial charge in [0.05, 0.1) is 12.3 Å². The van der Waals surface area contributed by atoms with E-state index in [0.29, 0.717) is 11.4 Å². The number of rotatable bonds is 3. The number of furan rings is 1. The Labute approximate surface area is 164 Å². The zero-order valence-corrected chi connectivity index (χ0v) is 15.7. The number of hydrogen-bond donors (Lipinski definition) is 2. The van der Waals surface area contributed by atoms with E-state index in [2.05, 4.69) is 15.7 Å². The van der Waals surface area contributed by atoms with Gasteiger partial charge in [0.2, 0.25) is 0 Å². The number of nitrogens with one attached hydrogen (secondary N) is 2. The predicted octanol–water partition coefficient (Wildman–Crippen LogP) is 5.01. The van der Waals surface area contributed by atoms with Crippen molar-refractivity contribution in [2.75, 3.05) is 10.6 Å². The molecule has 2 aromatic heterocycles. The second kappa shape index (κ2) is 6.98. The molecule has 152 valence electrons. The van der Waals surface area contributed by atoms with Gasteiger partial charge in [-0.2, -0.15) is 18.3 Å². The molecule has 9 heteroatoms. The van der Waals surface area contributed by atoms with Gasteiger partial charge in [0.25, 0.3) is 5.91 Å². The number of amides is 1. The maximum absolute atomic E-state index is 13.7. The predicted molar refractivity (Wildman–Crippen MR) is 101 cm³/mol. The molecule has 1 amide bonds. The van der Waals surface area contributed by atoms with Crippen LogP contribution < -0.4 is 10.6 Å². The summed E-state index contributed by atoms with van der Waals surface area (Å²) < 4.78 is 47.1. The number of aromatic nitrogens is 2. The van der Waals surface area contributed by atoms with Gasteiger partial charge in [-0.25, -0.2) is 4.68 Å². The van der Waals surface area contributed by atoms with Crippen molar-refractivity contribution in [2.24, 2.45) is 0 Å². The third-order valence-electron chi connectivity index (χ3n) is 5.07. The summed E-state index contributed by atoms with van der Waals surface area (Å²) in [7, 11) is 0. The fourth-order valence-corrected chi connectivity index (χ4v) is 3.37. The Kier molecular flexibility index (Phi) is 4.60. The number of nitrogens with zero attached hydrogens (tertiary/aromatic N) is 2. The number of carbonyl (C=O) groups excluding carboxylic acids is 1. The fourth-order valence-electron chi connectivity index (χ4n) is 3.37. The van der Waals surface area contributed by atoms with Gasteiger partial charge in [0, 0.05) is 18.2 Å². The normalized spacial score (nSPS) is 18.8. The standard InChI is InChI=1S/C20H19F3N4O2/c1-11-5-6-13(8-12(11)2)24-19(28)15-10-18-25-14(16-4-3-7-29-16)9-17(20(21,22)23)27(18)26-15/h3-8,10,14,17,25H,9H2,1-2H3,(H,24,28)/t14-,17-/m1/s1. The maximum atomic E-state index is 13.7. The van der Waals surface area contributed by atoms with Crippen LogP contribution in [0.15, 0.2) is 47.1 Å². The van der Waals surface area contributed by atoms with Gasteiger partial charge in [-0.15, -0.1) is 0 Å². The number of benzene rings is 1. The lowest BCUT2D eigenvalue weighted by atomic mass is 10.0. The minimum Gasteiger partial charge on any atom is -0.467 e. The second-order valence-corrected chi connectivity index (χ2v) is 7.12. The smallest absolute Gasteiger partial charge is 0.410 e. The minimum atomic E-state index is -4.52. The van der Waals surface area contributed by atoms with Crippen molar-refractivity contribution in [3.05, 3.63) is 65.2 Å². The molecule has 1 aromatic carbocycles. The van der Waals surface area contributed by atoms with Crippen LogP contribution >= 0.6 is 0 Å². The average molecular weight is 404 g/mol. The number of hydrogen-bond acceptors (Lipinski definition) is 4. The van der Waals surface area contributed by atoms with Gasteiger partial charge in [0.1, 0.15) is 11.6 Å². The third kappa shape index (κ3) is 3.72. The van der Waals surface area contributed by atoms with Crippen LogP contribution in [0.1, 0.15) is 45.9 Å². The molecule has 4 rings (SSSR count). The zero-order valence-electron chi connectivity index (χ0n) is 15.7.